The maximum Gasteiger partial charge on any atom is 0.522 e. The zero-order valence-corrected chi connectivity index (χ0v) is 11.8. The fraction of sp³-hybridized carbons (Fsp3) is 0.692. The van der Waals surface area contributed by atoms with E-state index in [1.165, 1.54) is 0 Å². The standard InChI is InChI=1S/C13H18F3N3O/c1-8-9(2)17-10(3)18-12(8)19-6-4-11(5-7-19)20-13(14,15)16/h11H,4-7H2,1-3H3. The van der Waals surface area contributed by atoms with Gasteiger partial charge in [-0.3, -0.25) is 4.74 Å². The average molecular weight is 289 g/mol. The molecule has 0 atom stereocenters. The quantitative estimate of drug-likeness (QED) is 0.839. The molecule has 7 heteroatoms. The van der Waals surface area contributed by atoms with Crippen LogP contribution in [0, 0.1) is 20.8 Å². The summed E-state index contributed by atoms with van der Waals surface area (Å²) < 4.78 is 40.6. The number of hydrogen-bond acceptors (Lipinski definition) is 4. The number of alkyl halides is 3. The smallest absolute Gasteiger partial charge is 0.356 e. The summed E-state index contributed by atoms with van der Waals surface area (Å²) in [6.07, 6.45) is -4.61. The first-order valence-corrected chi connectivity index (χ1v) is 6.57. The number of anilines is 1. The van der Waals surface area contributed by atoms with E-state index >= 15 is 0 Å². The van der Waals surface area contributed by atoms with Gasteiger partial charge in [0.05, 0.1) is 6.10 Å². The van der Waals surface area contributed by atoms with Crippen molar-refractivity contribution in [1.29, 1.82) is 0 Å². The largest absolute Gasteiger partial charge is 0.522 e. The van der Waals surface area contributed by atoms with Gasteiger partial charge in [0.2, 0.25) is 0 Å². The van der Waals surface area contributed by atoms with Gasteiger partial charge in [-0.1, -0.05) is 0 Å². The van der Waals surface area contributed by atoms with Crippen LogP contribution in [0.15, 0.2) is 0 Å². The van der Waals surface area contributed by atoms with Gasteiger partial charge in [-0.25, -0.2) is 9.97 Å². The molecule has 0 radical (unpaired) electrons. The third kappa shape index (κ3) is 3.59. The molecule has 0 unspecified atom stereocenters. The molecule has 2 rings (SSSR count). The molecule has 0 saturated carbocycles. The van der Waals surface area contributed by atoms with Gasteiger partial charge in [0.25, 0.3) is 0 Å². The van der Waals surface area contributed by atoms with Gasteiger partial charge in [-0.05, 0) is 33.6 Å². The number of ether oxygens (including phenoxy) is 1. The fourth-order valence-electron chi connectivity index (χ4n) is 2.43. The van der Waals surface area contributed by atoms with Crippen LogP contribution < -0.4 is 4.90 Å². The Hall–Kier alpha value is -1.37. The van der Waals surface area contributed by atoms with Gasteiger partial charge in [-0.15, -0.1) is 13.2 Å². The first-order valence-electron chi connectivity index (χ1n) is 6.57. The first kappa shape index (κ1) is 15.0. The Bertz CT molecular complexity index is 482. The molecule has 0 bridgehead atoms. The highest BCUT2D eigenvalue weighted by Gasteiger charge is 2.35. The topological polar surface area (TPSA) is 38.2 Å². The zero-order chi connectivity index (χ0) is 14.9. The number of aromatic nitrogens is 2. The highest BCUT2D eigenvalue weighted by molar-refractivity contribution is 5.48. The second-order valence-electron chi connectivity index (χ2n) is 5.05. The molecule has 1 fully saturated rings. The minimum atomic E-state index is -4.55. The third-order valence-electron chi connectivity index (χ3n) is 3.52. The predicted molar refractivity (Wildman–Crippen MR) is 68.6 cm³/mol. The average Bonchev–Trinajstić information content (AvgIpc) is 2.33. The molecule has 1 aromatic rings. The number of nitrogens with zero attached hydrogens (tertiary/aromatic N) is 3. The molecule has 2 heterocycles. The Kier molecular flexibility index (Phi) is 4.17. The molecule has 0 aromatic carbocycles. The van der Waals surface area contributed by atoms with Gasteiger partial charge >= 0.3 is 6.36 Å². The van der Waals surface area contributed by atoms with Crippen molar-refractivity contribution in [2.24, 2.45) is 0 Å². The van der Waals surface area contributed by atoms with Crippen LogP contribution in [0.1, 0.15) is 29.9 Å². The third-order valence-corrected chi connectivity index (χ3v) is 3.52. The second-order valence-corrected chi connectivity index (χ2v) is 5.05. The number of piperidine rings is 1. The summed E-state index contributed by atoms with van der Waals surface area (Å²) in [4.78, 5) is 10.7. The lowest BCUT2D eigenvalue weighted by atomic mass is 10.1. The summed E-state index contributed by atoms with van der Waals surface area (Å²) in [6.45, 7) is 6.68. The van der Waals surface area contributed by atoms with Gasteiger partial charge in [0, 0.05) is 24.3 Å². The van der Waals surface area contributed by atoms with Gasteiger partial charge in [-0.2, -0.15) is 0 Å². The molecule has 1 aliphatic heterocycles. The van der Waals surface area contributed by atoms with Crippen LogP contribution in [0.25, 0.3) is 0 Å². The Labute approximate surface area is 116 Å². The molecule has 0 amide bonds. The minimum Gasteiger partial charge on any atom is -0.356 e. The highest BCUT2D eigenvalue weighted by atomic mass is 19.4. The van der Waals surface area contributed by atoms with Crippen molar-refractivity contribution in [2.75, 3.05) is 18.0 Å². The molecule has 20 heavy (non-hydrogen) atoms. The number of rotatable bonds is 2. The van der Waals surface area contributed by atoms with Crippen LogP contribution in [0.3, 0.4) is 0 Å². The van der Waals surface area contributed by atoms with Crippen LogP contribution >= 0.6 is 0 Å². The van der Waals surface area contributed by atoms with Crippen molar-refractivity contribution >= 4 is 5.82 Å². The van der Waals surface area contributed by atoms with E-state index in [1.54, 1.807) is 0 Å². The van der Waals surface area contributed by atoms with Crippen molar-refractivity contribution in [2.45, 2.75) is 46.1 Å². The molecule has 1 aromatic heterocycles. The van der Waals surface area contributed by atoms with Crippen LogP contribution in [0.2, 0.25) is 0 Å². The lowest BCUT2D eigenvalue weighted by Crippen LogP contribution is -2.40. The van der Waals surface area contributed by atoms with Crippen LogP contribution in [0.4, 0.5) is 19.0 Å². The molecule has 4 nitrogen and oxygen atoms in total. The van der Waals surface area contributed by atoms with E-state index in [2.05, 4.69) is 14.7 Å². The van der Waals surface area contributed by atoms with E-state index in [1.807, 2.05) is 25.7 Å². The molecule has 0 N–H and O–H groups in total. The van der Waals surface area contributed by atoms with E-state index in [-0.39, 0.29) is 0 Å². The maximum atomic E-state index is 12.2. The normalized spacial score (nSPS) is 17.6. The van der Waals surface area contributed by atoms with Crippen molar-refractivity contribution in [3.8, 4) is 0 Å². The van der Waals surface area contributed by atoms with E-state index in [9.17, 15) is 13.2 Å². The van der Waals surface area contributed by atoms with Crippen LogP contribution in [0.5, 0.6) is 0 Å². The Balaban J connectivity index is 2.04. The molecule has 1 saturated heterocycles. The summed E-state index contributed by atoms with van der Waals surface area (Å²) in [7, 11) is 0. The SMILES string of the molecule is Cc1nc(C)c(C)c(N2CCC(OC(F)(F)F)CC2)n1. The van der Waals surface area contributed by atoms with Gasteiger partial charge in [0.15, 0.2) is 0 Å². The Morgan fingerprint density at radius 2 is 1.70 bits per heavy atom. The molecule has 0 aliphatic carbocycles. The maximum absolute atomic E-state index is 12.2. The predicted octanol–water partition coefficient (Wildman–Crippen LogP) is 2.91. The summed E-state index contributed by atoms with van der Waals surface area (Å²) in [5.41, 5.74) is 1.88. The highest BCUT2D eigenvalue weighted by Crippen LogP contribution is 2.27. The number of aryl methyl sites for hydroxylation is 2. The van der Waals surface area contributed by atoms with Crippen molar-refractivity contribution < 1.29 is 17.9 Å². The van der Waals surface area contributed by atoms with Crippen molar-refractivity contribution in [3.05, 3.63) is 17.1 Å². The van der Waals surface area contributed by atoms with Gasteiger partial charge in [0.1, 0.15) is 11.6 Å². The van der Waals surface area contributed by atoms with Crippen molar-refractivity contribution in [1.82, 2.24) is 9.97 Å². The minimum absolute atomic E-state index is 0.348. The summed E-state index contributed by atoms with van der Waals surface area (Å²) >= 11 is 0. The first-order chi connectivity index (χ1) is 9.26. The Morgan fingerprint density at radius 3 is 2.25 bits per heavy atom. The monoisotopic (exact) mass is 289 g/mol. The van der Waals surface area contributed by atoms with E-state index in [4.69, 9.17) is 0 Å². The molecule has 0 spiro atoms. The van der Waals surface area contributed by atoms with E-state index < -0.39 is 12.5 Å². The molecule has 112 valence electrons. The van der Waals surface area contributed by atoms with Crippen molar-refractivity contribution in [3.63, 3.8) is 0 Å². The summed E-state index contributed by atoms with van der Waals surface area (Å²) in [6, 6.07) is 0. The number of hydrogen-bond donors (Lipinski definition) is 0. The Morgan fingerprint density at radius 1 is 1.10 bits per heavy atom. The lowest BCUT2D eigenvalue weighted by Gasteiger charge is -2.33. The zero-order valence-electron chi connectivity index (χ0n) is 11.8. The lowest BCUT2D eigenvalue weighted by molar-refractivity contribution is -0.344. The van der Waals surface area contributed by atoms with Gasteiger partial charge < -0.3 is 4.90 Å². The number of halogens is 3. The second kappa shape index (κ2) is 5.55. The molecule has 1 aliphatic rings. The van der Waals surface area contributed by atoms with E-state index in [0.29, 0.717) is 31.8 Å². The fourth-order valence-corrected chi connectivity index (χ4v) is 2.43. The van der Waals surface area contributed by atoms with Crippen LogP contribution in [-0.4, -0.2) is 35.5 Å². The summed E-state index contributed by atoms with van der Waals surface area (Å²) in [5, 5.41) is 0. The van der Waals surface area contributed by atoms with E-state index in [0.717, 1.165) is 17.1 Å². The molecular formula is C13H18F3N3O. The summed E-state index contributed by atoms with van der Waals surface area (Å²) in [5.74, 6) is 1.50. The molecular weight excluding hydrogens is 271 g/mol. The van der Waals surface area contributed by atoms with Crippen LogP contribution in [-0.2, 0) is 4.74 Å².